The number of halogens is 1. The summed E-state index contributed by atoms with van der Waals surface area (Å²) in [6.45, 7) is 2.84. The number of aliphatic hydroxyl groups is 1. The molecule has 4 rings (SSSR count). The van der Waals surface area contributed by atoms with Gasteiger partial charge in [0.05, 0.1) is 43.2 Å². The number of pyridine rings is 1. The number of nitrogens with zero attached hydrogens (tertiary/aromatic N) is 5. The fourth-order valence-corrected chi connectivity index (χ4v) is 4.40. The highest BCUT2D eigenvalue weighted by Crippen LogP contribution is 2.44. The number of aliphatic hydroxyl groups excluding tert-OH is 1. The quantitative estimate of drug-likeness (QED) is 0.241. The number of hydrogen-bond donors (Lipinski definition) is 2. The van der Waals surface area contributed by atoms with Crippen molar-refractivity contribution >= 4 is 42.5 Å². The molecule has 3 aromatic rings. The summed E-state index contributed by atoms with van der Waals surface area (Å²) in [5.74, 6) is 0.627. The van der Waals surface area contributed by atoms with Gasteiger partial charge in [-0.15, -0.1) is 0 Å². The number of aromatic nitrogens is 3. The average molecular weight is 506 g/mol. The van der Waals surface area contributed by atoms with Gasteiger partial charge in [0.1, 0.15) is 17.9 Å². The molecule has 10 nitrogen and oxygen atoms in total. The molecule has 1 aromatic carbocycles. The molecule has 1 aliphatic heterocycles. The van der Waals surface area contributed by atoms with Crippen molar-refractivity contribution < 1.29 is 19.4 Å². The Morgan fingerprint density at radius 3 is 2.94 bits per heavy atom. The Labute approximate surface area is 214 Å². The second kappa shape index (κ2) is 10.9. The van der Waals surface area contributed by atoms with E-state index in [0.717, 1.165) is 5.56 Å². The zero-order chi connectivity index (χ0) is 25.7. The Morgan fingerprint density at radius 2 is 2.22 bits per heavy atom. The van der Waals surface area contributed by atoms with Crippen molar-refractivity contribution in [2.24, 2.45) is 0 Å². The van der Waals surface area contributed by atoms with Gasteiger partial charge >= 0.3 is 7.41 Å². The lowest BCUT2D eigenvalue weighted by molar-refractivity contribution is 0.0639. The SMILES string of the molecule is COc1ncc(Cl)cc1Nc1nccc(-c2cc(C#N)c3c(c2)C(C)(COCCO)CN3[B]C=O)n1. The molecule has 3 heterocycles. The van der Waals surface area contributed by atoms with Crippen molar-refractivity contribution in [3.63, 3.8) is 0 Å². The number of hydrogen-bond acceptors (Lipinski definition) is 10. The van der Waals surface area contributed by atoms with E-state index in [1.807, 2.05) is 13.0 Å². The Kier molecular flexibility index (Phi) is 7.69. The van der Waals surface area contributed by atoms with E-state index < -0.39 is 5.41 Å². The minimum atomic E-state index is -0.528. The van der Waals surface area contributed by atoms with Crippen molar-refractivity contribution in [1.82, 2.24) is 15.0 Å². The summed E-state index contributed by atoms with van der Waals surface area (Å²) in [7, 11) is 2.91. The number of nitriles is 1. The molecule has 2 N–H and O–H groups in total. The van der Waals surface area contributed by atoms with Crippen molar-refractivity contribution in [2.75, 3.05) is 43.6 Å². The van der Waals surface area contributed by atoms with E-state index in [2.05, 4.69) is 26.3 Å². The van der Waals surface area contributed by atoms with Gasteiger partial charge in [-0.3, -0.25) is 0 Å². The fraction of sp³-hybridized carbons (Fsp3) is 0.292. The maximum Gasteiger partial charge on any atom is 0.329 e. The largest absolute Gasteiger partial charge is 0.480 e. The van der Waals surface area contributed by atoms with Crippen LogP contribution in [-0.2, 0) is 14.9 Å². The summed E-state index contributed by atoms with van der Waals surface area (Å²) in [6, 6.07) is 9.33. The third kappa shape index (κ3) is 5.11. The lowest BCUT2D eigenvalue weighted by Gasteiger charge is -2.25. The smallest absolute Gasteiger partial charge is 0.329 e. The summed E-state index contributed by atoms with van der Waals surface area (Å²) in [6.07, 6.45) is 3.77. The number of methoxy groups -OCH3 is 1. The second-order valence-electron chi connectivity index (χ2n) is 8.38. The second-order valence-corrected chi connectivity index (χ2v) is 8.82. The van der Waals surface area contributed by atoms with Gasteiger partial charge in [0, 0.05) is 35.6 Å². The molecule has 0 saturated carbocycles. The van der Waals surface area contributed by atoms with E-state index in [1.165, 1.54) is 20.7 Å². The third-order valence-electron chi connectivity index (χ3n) is 5.79. The lowest BCUT2D eigenvalue weighted by Crippen LogP contribution is -2.37. The fourth-order valence-electron chi connectivity index (χ4n) is 4.24. The molecule has 183 valence electrons. The Hall–Kier alpha value is -3.72. The third-order valence-corrected chi connectivity index (χ3v) is 6.00. The Bertz CT molecular complexity index is 1320. The predicted molar refractivity (Wildman–Crippen MR) is 136 cm³/mol. The molecular formula is C24H23BClN6O4. The van der Waals surface area contributed by atoms with Crippen LogP contribution in [0.4, 0.5) is 17.3 Å². The number of fused-ring (bicyclic) bond motifs is 1. The monoisotopic (exact) mass is 505 g/mol. The van der Waals surface area contributed by atoms with E-state index in [-0.39, 0.29) is 13.2 Å². The highest BCUT2D eigenvalue weighted by molar-refractivity contribution is 6.70. The van der Waals surface area contributed by atoms with Crippen LogP contribution in [-0.4, -0.2) is 67.1 Å². The number of anilines is 3. The summed E-state index contributed by atoms with van der Waals surface area (Å²) < 4.78 is 10.9. The van der Waals surface area contributed by atoms with Crippen molar-refractivity contribution in [2.45, 2.75) is 12.3 Å². The van der Waals surface area contributed by atoms with Crippen LogP contribution < -0.4 is 14.9 Å². The van der Waals surface area contributed by atoms with Crippen molar-refractivity contribution in [3.8, 4) is 23.2 Å². The number of nitrogens with one attached hydrogen (secondary N) is 1. The van der Waals surface area contributed by atoms with Crippen molar-refractivity contribution in [1.29, 1.82) is 5.26 Å². The average Bonchev–Trinajstić information content (AvgIpc) is 3.16. The molecule has 2 aromatic heterocycles. The maximum absolute atomic E-state index is 11.3. The van der Waals surface area contributed by atoms with Gasteiger partial charge < -0.3 is 29.5 Å². The predicted octanol–water partition coefficient (Wildman–Crippen LogP) is 2.71. The standard InChI is InChI=1S/C24H23BClN6O4/c1-24(13-36-6-5-33)12-32(25-14-34)21-16(10-27)7-15(8-18(21)24)19-3-4-28-23(30-19)31-20-9-17(26)11-29-22(20)35-2/h3-4,7-9,11,14,33H,5-6,12-13H2,1-2H3,(H,28,30,31). The van der Waals surface area contributed by atoms with E-state index in [0.29, 0.717) is 64.4 Å². The molecule has 1 unspecified atom stereocenters. The maximum atomic E-state index is 11.3. The van der Waals surface area contributed by atoms with Crippen LogP contribution in [0.2, 0.25) is 5.02 Å². The molecule has 0 spiro atoms. The van der Waals surface area contributed by atoms with E-state index in [1.54, 1.807) is 29.2 Å². The van der Waals surface area contributed by atoms with Gasteiger partial charge in [-0.2, -0.15) is 5.26 Å². The molecule has 1 aliphatic rings. The number of ether oxygens (including phenoxy) is 2. The molecule has 0 aliphatic carbocycles. The summed E-state index contributed by atoms with van der Waals surface area (Å²) in [4.78, 5) is 26.1. The Morgan fingerprint density at radius 1 is 1.39 bits per heavy atom. The molecule has 1 radical (unpaired) electrons. The van der Waals surface area contributed by atoms with Gasteiger partial charge in [0.2, 0.25) is 11.8 Å². The molecule has 36 heavy (non-hydrogen) atoms. The minimum absolute atomic E-state index is 0.0970. The molecule has 0 amide bonds. The van der Waals surface area contributed by atoms with E-state index in [4.69, 9.17) is 26.2 Å². The van der Waals surface area contributed by atoms with Crippen LogP contribution in [0.5, 0.6) is 5.88 Å². The molecule has 0 fully saturated rings. The van der Waals surface area contributed by atoms with Gasteiger partial charge in [-0.25, -0.2) is 15.0 Å². The summed E-state index contributed by atoms with van der Waals surface area (Å²) in [5, 5.41) is 22.6. The minimum Gasteiger partial charge on any atom is -0.480 e. The van der Waals surface area contributed by atoms with E-state index >= 15 is 0 Å². The number of carbonyl (C=O) groups excluding carboxylic acids is 1. The van der Waals surface area contributed by atoms with Crippen LogP contribution in [0.1, 0.15) is 18.1 Å². The number of rotatable bonds is 10. The first-order valence-corrected chi connectivity index (χ1v) is 11.4. The van der Waals surface area contributed by atoms with Gasteiger partial charge in [-0.1, -0.05) is 18.5 Å². The normalized spacial score (nSPS) is 16.2. The Balaban J connectivity index is 1.75. The molecule has 1 atom stereocenters. The highest BCUT2D eigenvalue weighted by atomic mass is 35.5. The number of carbonyl (C=O) groups is 1. The summed E-state index contributed by atoms with van der Waals surface area (Å²) >= 11 is 6.08. The van der Waals surface area contributed by atoms with Gasteiger partial charge in [0.15, 0.2) is 0 Å². The van der Waals surface area contributed by atoms with Crippen LogP contribution in [0, 0.1) is 11.3 Å². The highest BCUT2D eigenvalue weighted by Gasteiger charge is 2.41. The van der Waals surface area contributed by atoms with Gasteiger partial charge in [-0.05, 0) is 29.8 Å². The molecule has 12 heteroatoms. The zero-order valence-electron chi connectivity index (χ0n) is 19.7. The molecule has 0 saturated heterocycles. The van der Waals surface area contributed by atoms with Crippen LogP contribution in [0.25, 0.3) is 11.3 Å². The van der Waals surface area contributed by atoms with Crippen LogP contribution >= 0.6 is 11.6 Å². The first-order chi connectivity index (χ1) is 17.4. The zero-order valence-corrected chi connectivity index (χ0v) is 20.5. The van der Waals surface area contributed by atoms with Gasteiger partial charge in [0.25, 0.3) is 0 Å². The topological polar surface area (TPSA) is 133 Å². The first-order valence-electron chi connectivity index (χ1n) is 11.0. The van der Waals surface area contributed by atoms with Crippen molar-refractivity contribution in [3.05, 3.63) is 52.8 Å². The van der Waals surface area contributed by atoms with E-state index in [9.17, 15) is 10.1 Å². The number of benzene rings is 1. The van der Waals surface area contributed by atoms with Crippen LogP contribution in [0.3, 0.4) is 0 Å². The molecule has 0 bridgehead atoms. The van der Waals surface area contributed by atoms with Crippen LogP contribution in [0.15, 0.2) is 36.7 Å². The molecular weight excluding hydrogens is 483 g/mol. The lowest BCUT2D eigenvalue weighted by atomic mass is 9.83. The summed E-state index contributed by atoms with van der Waals surface area (Å²) in [5.41, 5.74) is 3.17. The first kappa shape index (κ1) is 25.4.